The Bertz CT molecular complexity index is 166. The first kappa shape index (κ1) is 10.1. The molecule has 0 rings (SSSR count). The third kappa shape index (κ3) is 5.52. The van der Waals surface area contributed by atoms with E-state index in [1.165, 1.54) is 0 Å². The van der Waals surface area contributed by atoms with Gasteiger partial charge in [0.2, 0.25) is 0 Å². The summed E-state index contributed by atoms with van der Waals surface area (Å²) in [5.74, 6) is 0. The van der Waals surface area contributed by atoms with Gasteiger partial charge in [0.15, 0.2) is 0 Å². The predicted molar refractivity (Wildman–Crippen MR) is 51.3 cm³/mol. The third-order valence-electron chi connectivity index (χ3n) is 1.24. The van der Waals surface area contributed by atoms with Crippen LogP contribution in [0.5, 0.6) is 0 Å². The van der Waals surface area contributed by atoms with Crippen molar-refractivity contribution >= 4 is 12.6 Å². The summed E-state index contributed by atoms with van der Waals surface area (Å²) in [4.78, 5) is 8.04. The minimum Gasteiger partial charge on any atom is -0.250 e. The van der Waals surface area contributed by atoms with Gasteiger partial charge in [-0.25, -0.2) is 9.98 Å². The van der Waals surface area contributed by atoms with E-state index in [9.17, 15) is 0 Å². The molecule has 0 aliphatic carbocycles. The van der Waals surface area contributed by atoms with Crippen molar-refractivity contribution in [3.8, 4) is 0 Å². The standard InChI is InChI=1S/C9H16N2/c1-4-7-9(5-2)11-8-10-6-3/h6-8H,4-5H2,1-3H3/b9-7+,10-6?,11-8?. The molecule has 0 heterocycles. The Hall–Kier alpha value is -0.920. The lowest BCUT2D eigenvalue weighted by Gasteiger charge is -1.92. The van der Waals surface area contributed by atoms with E-state index in [0.29, 0.717) is 0 Å². The molecular formula is C9H16N2. The molecule has 0 aromatic carbocycles. The molecule has 2 nitrogen and oxygen atoms in total. The van der Waals surface area contributed by atoms with Gasteiger partial charge in [-0.3, -0.25) is 0 Å². The van der Waals surface area contributed by atoms with Crippen LogP contribution in [0.4, 0.5) is 0 Å². The summed E-state index contributed by atoms with van der Waals surface area (Å²) >= 11 is 0. The molecule has 62 valence electrons. The molecule has 0 amide bonds. The number of rotatable bonds is 4. The predicted octanol–water partition coefficient (Wildman–Crippen LogP) is 2.81. The fourth-order valence-corrected chi connectivity index (χ4v) is 0.698. The van der Waals surface area contributed by atoms with Crippen molar-refractivity contribution in [2.24, 2.45) is 9.98 Å². The zero-order valence-electron chi connectivity index (χ0n) is 7.54. The van der Waals surface area contributed by atoms with Crippen LogP contribution in [-0.2, 0) is 0 Å². The highest BCUT2D eigenvalue weighted by molar-refractivity contribution is 5.71. The molecule has 0 saturated heterocycles. The van der Waals surface area contributed by atoms with Gasteiger partial charge in [0.1, 0.15) is 6.34 Å². The Morgan fingerprint density at radius 1 is 1.36 bits per heavy atom. The zero-order valence-corrected chi connectivity index (χ0v) is 7.54. The van der Waals surface area contributed by atoms with E-state index in [4.69, 9.17) is 0 Å². The Labute approximate surface area is 68.8 Å². The maximum atomic E-state index is 4.16. The van der Waals surface area contributed by atoms with Crippen LogP contribution in [0.2, 0.25) is 0 Å². The monoisotopic (exact) mass is 152 g/mol. The SMILES string of the molecule is CC=NC=N/C(=C/CC)CC. The Balaban J connectivity index is 3.96. The average molecular weight is 152 g/mol. The number of nitrogens with zero attached hydrogens (tertiary/aromatic N) is 2. The molecule has 0 aromatic rings. The molecule has 0 unspecified atom stereocenters. The van der Waals surface area contributed by atoms with Crippen LogP contribution in [0.15, 0.2) is 21.8 Å². The van der Waals surface area contributed by atoms with Gasteiger partial charge in [0.05, 0.1) is 0 Å². The number of allylic oxidation sites excluding steroid dienone is 2. The van der Waals surface area contributed by atoms with Crippen LogP contribution in [0.25, 0.3) is 0 Å². The molecule has 0 aromatic heterocycles. The van der Waals surface area contributed by atoms with E-state index in [1.807, 2.05) is 6.92 Å². The van der Waals surface area contributed by atoms with Crippen LogP contribution in [-0.4, -0.2) is 12.6 Å². The molecule has 0 fully saturated rings. The van der Waals surface area contributed by atoms with E-state index in [2.05, 4.69) is 29.9 Å². The highest BCUT2D eigenvalue weighted by atomic mass is 14.9. The number of aliphatic imine (C=N–C) groups is 2. The number of hydrogen-bond acceptors (Lipinski definition) is 1. The molecular weight excluding hydrogens is 136 g/mol. The van der Waals surface area contributed by atoms with Gasteiger partial charge >= 0.3 is 0 Å². The van der Waals surface area contributed by atoms with Crippen molar-refractivity contribution in [2.75, 3.05) is 0 Å². The molecule has 0 N–H and O–H groups in total. The van der Waals surface area contributed by atoms with Crippen LogP contribution in [0, 0.1) is 0 Å². The van der Waals surface area contributed by atoms with Gasteiger partial charge in [0.25, 0.3) is 0 Å². The van der Waals surface area contributed by atoms with E-state index in [0.717, 1.165) is 18.5 Å². The van der Waals surface area contributed by atoms with Gasteiger partial charge in [-0.05, 0) is 19.8 Å². The van der Waals surface area contributed by atoms with Crippen LogP contribution in [0.3, 0.4) is 0 Å². The summed E-state index contributed by atoms with van der Waals surface area (Å²) in [6.45, 7) is 6.07. The quantitative estimate of drug-likeness (QED) is 0.437. The van der Waals surface area contributed by atoms with Crippen molar-refractivity contribution in [2.45, 2.75) is 33.6 Å². The van der Waals surface area contributed by atoms with Gasteiger partial charge in [-0.15, -0.1) is 0 Å². The van der Waals surface area contributed by atoms with Crippen LogP contribution in [0.1, 0.15) is 33.6 Å². The van der Waals surface area contributed by atoms with E-state index < -0.39 is 0 Å². The second kappa shape index (κ2) is 7.19. The van der Waals surface area contributed by atoms with Crippen molar-refractivity contribution in [3.63, 3.8) is 0 Å². The first-order valence-corrected chi connectivity index (χ1v) is 4.04. The normalized spacial score (nSPS) is 13.5. The van der Waals surface area contributed by atoms with Crippen molar-refractivity contribution in [1.29, 1.82) is 0 Å². The van der Waals surface area contributed by atoms with E-state index in [-0.39, 0.29) is 0 Å². The van der Waals surface area contributed by atoms with Gasteiger partial charge in [-0.2, -0.15) is 0 Å². The molecule has 0 radical (unpaired) electrons. The lowest BCUT2D eigenvalue weighted by molar-refractivity contribution is 1.03. The second-order valence-electron chi connectivity index (χ2n) is 2.11. The first-order chi connectivity index (χ1) is 5.35. The number of hydrogen-bond donors (Lipinski definition) is 0. The maximum absolute atomic E-state index is 4.16. The largest absolute Gasteiger partial charge is 0.250 e. The summed E-state index contributed by atoms with van der Waals surface area (Å²) in [5, 5.41) is 0. The first-order valence-electron chi connectivity index (χ1n) is 4.04. The van der Waals surface area contributed by atoms with Gasteiger partial charge in [-0.1, -0.05) is 19.9 Å². The molecule has 0 atom stereocenters. The molecule has 0 aliphatic heterocycles. The third-order valence-corrected chi connectivity index (χ3v) is 1.24. The Morgan fingerprint density at radius 3 is 2.55 bits per heavy atom. The van der Waals surface area contributed by atoms with Gasteiger partial charge in [0, 0.05) is 11.9 Å². The highest BCUT2D eigenvalue weighted by Crippen LogP contribution is 2.02. The fraction of sp³-hybridized carbons (Fsp3) is 0.556. The topological polar surface area (TPSA) is 24.7 Å². The fourth-order valence-electron chi connectivity index (χ4n) is 0.698. The molecule has 0 spiro atoms. The lowest BCUT2D eigenvalue weighted by Crippen LogP contribution is -1.76. The molecule has 0 bridgehead atoms. The van der Waals surface area contributed by atoms with Gasteiger partial charge < -0.3 is 0 Å². The minimum atomic E-state index is 0.976. The maximum Gasteiger partial charge on any atom is 0.115 e. The molecule has 2 heteroatoms. The zero-order chi connectivity index (χ0) is 8.53. The van der Waals surface area contributed by atoms with Crippen molar-refractivity contribution < 1.29 is 0 Å². The van der Waals surface area contributed by atoms with Crippen LogP contribution >= 0.6 is 0 Å². The van der Waals surface area contributed by atoms with Crippen molar-refractivity contribution in [3.05, 3.63) is 11.8 Å². The summed E-state index contributed by atoms with van der Waals surface area (Å²) in [7, 11) is 0. The summed E-state index contributed by atoms with van der Waals surface area (Å²) in [6, 6.07) is 0. The van der Waals surface area contributed by atoms with Crippen molar-refractivity contribution in [1.82, 2.24) is 0 Å². The summed E-state index contributed by atoms with van der Waals surface area (Å²) in [5.41, 5.74) is 1.11. The minimum absolute atomic E-state index is 0.976. The Morgan fingerprint density at radius 2 is 2.09 bits per heavy atom. The average Bonchev–Trinajstić information content (AvgIpc) is 2.03. The second-order valence-corrected chi connectivity index (χ2v) is 2.11. The summed E-state index contributed by atoms with van der Waals surface area (Å²) in [6.07, 6.45) is 7.44. The molecule has 0 saturated carbocycles. The molecule has 11 heavy (non-hydrogen) atoms. The van der Waals surface area contributed by atoms with E-state index >= 15 is 0 Å². The van der Waals surface area contributed by atoms with E-state index in [1.54, 1.807) is 12.6 Å². The van der Waals surface area contributed by atoms with Crippen LogP contribution < -0.4 is 0 Å². The lowest BCUT2D eigenvalue weighted by atomic mass is 10.3. The molecule has 0 aliphatic rings. The highest BCUT2D eigenvalue weighted by Gasteiger charge is 1.84. The summed E-state index contributed by atoms with van der Waals surface area (Å²) < 4.78 is 0. The smallest absolute Gasteiger partial charge is 0.115 e. The Kier molecular flexibility index (Phi) is 6.59.